The minimum Gasteiger partial charge on any atom is -0.494 e. The molecular weight excluding hydrogens is 387 g/mol. The van der Waals surface area contributed by atoms with Crippen molar-refractivity contribution in [2.75, 3.05) is 19.7 Å². The predicted molar refractivity (Wildman–Crippen MR) is 101 cm³/mol. The molecule has 0 N–H and O–H groups in total. The zero-order chi connectivity index (χ0) is 20.3. The Hall–Kier alpha value is -2.87. The van der Waals surface area contributed by atoms with Gasteiger partial charge in [0.05, 0.1) is 19.3 Å². The molecule has 0 aliphatic carbocycles. The van der Waals surface area contributed by atoms with Gasteiger partial charge in [-0.05, 0) is 36.3 Å². The number of ketones is 1. The number of fused-ring (bicyclic) bond motifs is 1. The molecule has 8 heteroatoms. The van der Waals surface area contributed by atoms with E-state index in [1.165, 1.54) is 43.5 Å². The number of ether oxygens (including phenoxy) is 3. The number of benzene rings is 2. The maximum absolute atomic E-state index is 13.8. The van der Waals surface area contributed by atoms with Crippen molar-refractivity contribution in [3.63, 3.8) is 0 Å². The first-order valence-corrected chi connectivity index (χ1v) is 10.2. The SMILES string of the molecule is CCCOc1cc2c(cc1C(=O)C=Cc1ccc(OC)c(F)c1)OCS2(=O)=O. The van der Waals surface area contributed by atoms with E-state index in [4.69, 9.17) is 14.2 Å². The highest BCUT2D eigenvalue weighted by molar-refractivity contribution is 7.91. The van der Waals surface area contributed by atoms with Crippen LogP contribution in [-0.2, 0) is 9.84 Å². The lowest BCUT2D eigenvalue weighted by Crippen LogP contribution is -2.05. The zero-order valence-corrected chi connectivity index (χ0v) is 16.2. The molecule has 2 aromatic rings. The van der Waals surface area contributed by atoms with E-state index in [1.54, 1.807) is 6.07 Å². The Labute approximate surface area is 162 Å². The van der Waals surface area contributed by atoms with Crippen LogP contribution in [0, 0.1) is 5.82 Å². The van der Waals surface area contributed by atoms with Crippen LogP contribution in [0.2, 0.25) is 0 Å². The first kappa shape index (κ1) is 19.9. The Kier molecular flexibility index (Phi) is 5.69. The molecule has 0 saturated heterocycles. The maximum Gasteiger partial charge on any atom is 0.217 e. The van der Waals surface area contributed by atoms with Crippen molar-refractivity contribution in [3.05, 3.63) is 53.4 Å². The van der Waals surface area contributed by atoms with Gasteiger partial charge in [-0.25, -0.2) is 12.8 Å². The number of carbonyl (C=O) groups excluding carboxylic acids is 1. The van der Waals surface area contributed by atoms with E-state index in [2.05, 4.69) is 0 Å². The summed E-state index contributed by atoms with van der Waals surface area (Å²) in [5.41, 5.74) is 0.650. The van der Waals surface area contributed by atoms with Gasteiger partial charge in [-0.15, -0.1) is 0 Å². The van der Waals surface area contributed by atoms with E-state index in [1.807, 2.05) is 6.92 Å². The number of allylic oxidation sites excluding steroid dienone is 1. The molecule has 0 atom stereocenters. The van der Waals surface area contributed by atoms with Crippen LogP contribution in [0.25, 0.3) is 6.08 Å². The quantitative estimate of drug-likeness (QED) is 0.516. The van der Waals surface area contributed by atoms with Gasteiger partial charge in [0.2, 0.25) is 9.84 Å². The third-order valence-electron chi connectivity index (χ3n) is 4.08. The summed E-state index contributed by atoms with van der Waals surface area (Å²) in [6.07, 6.45) is 3.42. The highest BCUT2D eigenvalue weighted by Gasteiger charge is 2.31. The van der Waals surface area contributed by atoms with Crippen molar-refractivity contribution in [3.8, 4) is 17.2 Å². The van der Waals surface area contributed by atoms with Crippen LogP contribution >= 0.6 is 0 Å². The van der Waals surface area contributed by atoms with E-state index in [0.29, 0.717) is 18.6 Å². The summed E-state index contributed by atoms with van der Waals surface area (Å²) in [5.74, 6) is -1.02. The monoisotopic (exact) mass is 406 g/mol. The molecule has 1 aliphatic rings. The highest BCUT2D eigenvalue weighted by Crippen LogP contribution is 2.37. The Bertz CT molecular complexity index is 1040. The van der Waals surface area contributed by atoms with Crippen molar-refractivity contribution in [1.82, 2.24) is 0 Å². The number of sulfone groups is 1. The average molecular weight is 406 g/mol. The van der Waals surface area contributed by atoms with Crippen molar-refractivity contribution >= 4 is 21.7 Å². The summed E-state index contributed by atoms with van der Waals surface area (Å²) in [6, 6.07) is 7.00. The van der Waals surface area contributed by atoms with Crippen molar-refractivity contribution < 1.29 is 31.8 Å². The molecule has 0 spiro atoms. The van der Waals surface area contributed by atoms with Gasteiger partial charge in [0.25, 0.3) is 0 Å². The fourth-order valence-electron chi connectivity index (χ4n) is 2.67. The fourth-order valence-corrected chi connectivity index (χ4v) is 3.79. The summed E-state index contributed by atoms with van der Waals surface area (Å²) in [6.45, 7) is 2.22. The van der Waals surface area contributed by atoms with Crippen LogP contribution in [0.5, 0.6) is 17.2 Å². The van der Waals surface area contributed by atoms with Crippen LogP contribution in [0.1, 0.15) is 29.3 Å². The van der Waals surface area contributed by atoms with Gasteiger partial charge in [0, 0.05) is 6.07 Å². The number of hydrogen-bond acceptors (Lipinski definition) is 6. The molecule has 0 fully saturated rings. The number of halogens is 1. The summed E-state index contributed by atoms with van der Waals surface area (Å²) in [4.78, 5) is 12.7. The predicted octanol–water partition coefficient (Wildman–Crippen LogP) is 3.64. The molecule has 28 heavy (non-hydrogen) atoms. The average Bonchev–Trinajstić information content (AvgIpc) is 2.98. The van der Waals surface area contributed by atoms with Gasteiger partial charge in [-0.1, -0.05) is 19.1 Å². The molecule has 0 amide bonds. The van der Waals surface area contributed by atoms with E-state index in [-0.39, 0.29) is 27.7 Å². The normalized spacial score (nSPS) is 14.5. The van der Waals surface area contributed by atoms with E-state index in [9.17, 15) is 17.6 Å². The Morgan fingerprint density at radius 3 is 2.71 bits per heavy atom. The number of carbonyl (C=O) groups is 1. The molecule has 1 aliphatic heterocycles. The molecular formula is C20H19FO6S. The molecule has 0 radical (unpaired) electrons. The van der Waals surface area contributed by atoms with Crippen molar-refractivity contribution in [2.45, 2.75) is 18.2 Å². The van der Waals surface area contributed by atoms with E-state index >= 15 is 0 Å². The Balaban J connectivity index is 1.93. The zero-order valence-electron chi connectivity index (χ0n) is 15.4. The summed E-state index contributed by atoms with van der Waals surface area (Å²) in [7, 11) is -2.18. The van der Waals surface area contributed by atoms with Crippen molar-refractivity contribution in [2.24, 2.45) is 0 Å². The van der Waals surface area contributed by atoms with Crippen LogP contribution in [0.15, 0.2) is 41.3 Å². The minimum atomic E-state index is -3.55. The van der Waals surface area contributed by atoms with Crippen LogP contribution in [0.4, 0.5) is 4.39 Å². The van der Waals surface area contributed by atoms with Gasteiger partial charge < -0.3 is 14.2 Å². The summed E-state index contributed by atoms with van der Waals surface area (Å²) < 4.78 is 53.5. The number of methoxy groups -OCH3 is 1. The standard InChI is InChI=1S/C20H19FO6S/c1-3-8-26-18-11-20-19(27-12-28(20,23)24)10-14(18)16(22)6-4-13-5-7-17(25-2)15(21)9-13/h4-7,9-11H,3,8,12H2,1-2H3. The molecule has 0 bridgehead atoms. The minimum absolute atomic E-state index is 0.0105. The number of rotatable bonds is 7. The second-order valence-electron chi connectivity index (χ2n) is 6.11. The summed E-state index contributed by atoms with van der Waals surface area (Å²) in [5, 5.41) is 0. The Morgan fingerprint density at radius 2 is 2.04 bits per heavy atom. The van der Waals surface area contributed by atoms with E-state index < -0.39 is 27.4 Å². The van der Waals surface area contributed by atoms with Gasteiger partial charge in [-0.2, -0.15) is 0 Å². The van der Waals surface area contributed by atoms with Crippen LogP contribution < -0.4 is 14.2 Å². The third-order valence-corrected chi connectivity index (χ3v) is 5.50. The molecule has 0 aromatic heterocycles. The molecule has 0 unspecified atom stereocenters. The third kappa shape index (κ3) is 4.01. The van der Waals surface area contributed by atoms with E-state index in [0.717, 1.165) is 0 Å². The molecule has 2 aromatic carbocycles. The van der Waals surface area contributed by atoms with Crippen LogP contribution in [0.3, 0.4) is 0 Å². The molecule has 148 valence electrons. The van der Waals surface area contributed by atoms with Crippen molar-refractivity contribution in [1.29, 1.82) is 0 Å². The van der Waals surface area contributed by atoms with Gasteiger partial charge in [-0.3, -0.25) is 4.79 Å². The lowest BCUT2D eigenvalue weighted by molar-refractivity contribution is 0.104. The van der Waals surface area contributed by atoms with Gasteiger partial charge in [0.15, 0.2) is 23.3 Å². The number of hydrogen-bond donors (Lipinski definition) is 0. The topological polar surface area (TPSA) is 78.9 Å². The molecule has 0 saturated carbocycles. The maximum atomic E-state index is 13.8. The summed E-state index contributed by atoms with van der Waals surface area (Å²) >= 11 is 0. The van der Waals surface area contributed by atoms with Gasteiger partial charge in [0.1, 0.15) is 16.4 Å². The first-order chi connectivity index (χ1) is 13.4. The second-order valence-corrected chi connectivity index (χ2v) is 8.02. The smallest absolute Gasteiger partial charge is 0.217 e. The lowest BCUT2D eigenvalue weighted by atomic mass is 10.1. The van der Waals surface area contributed by atoms with Crippen LogP contribution in [-0.4, -0.2) is 33.9 Å². The second kappa shape index (κ2) is 8.02. The first-order valence-electron chi connectivity index (χ1n) is 8.58. The highest BCUT2D eigenvalue weighted by atomic mass is 32.2. The molecule has 3 rings (SSSR count). The van der Waals surface area contributed by atoms with Gasteiger partial charge >= 0.3 is 0 Å². The fraction of sp³-hybridized carbons (Fsp3) is 0.250. The largest absolute Gasteiger partial charge is 0.494 e. The lowest BCUT2D eigenvalue weighted by Gasteiger charge is -2.10. The Morgan fingerprint density at radius 1 is 1.25 bits per heavy atom. The molecule has 6 nitrogen and oxygen atoms in total. The molecule has 1 heterocycles.